The summed E-state index contributed by atoms with van der Waals surface area (Å²) < 4.78 is 1.02. The van der Waals surface area contributed by atoms with E-state index in [2.05, 4.69) is 27.5 Å². The molecular formula is C6H5BrN2. The highest BCUT2D eigenvalue weighted by atomic mass is 79.9. The van der Waals surface area contributed by atoms with Crippen LogP contribution >= 0.6 is 15.9 Å². The molecule has 1 heterocycles. The smallest absolute Gasteiger partial charge is 0.0462 e. The molecule has 0 aromatic carbocycles. The van der Waals surface area contributed by atoms with Crippen LogP contribution in [0.25, 0.3) is 0 Å². The molecule has 0 atom stereocenters. The Morgan fingerprint density at radius 3 is 2.44 bits per heavy atom. The monoisotopic (exact) mass is 184 g/mol. The number of nitrogens with zero attached hydrogens (tertiary/aromatic N) is 2. The fourth-order valence-electron chi connectivity index (χ4n) is 0.342. The Hall–Kier alpha value is -0.880. The highest BCUT2D eigenvalue weighted by Crippen LogP contribution is 2.02. The van der Waals surface area contributed by atoms with Crippen molar-refractivity contribution < 1.29 is 0 Å². The second kappa shape index (κ2) is 5.26. The molecule has 0 aliphatic rings. The summed E-state index contributed by atoms with van der Waals surface area (Å²) in [5.74, 6) is 0. The van der Waals surface area contributed by atoms with Crippen molar-refractivity contribution in [3.05, 3.63) is 29.0 Å². The molecule has 9 heavy (non-hydrogen) atoms. The van der Waals surface area contributed by atoms with Gasteiger partial charge in [0, 0.05) is 23.4 Å². The molecule has 0 unspecified atom stereocenters. The van der Waals surface area contributed by atoms with E-state index >= 15 is 0 Å². The molecule has 0 saturated heterocycles. The Kier molecular flexibility index (Phi) is 4.75. The quantitative estimate of drug-likeness (QED) is 0.619. The van der Waals surface area contributed by atoms with Gasteiger partial charge < -0.3 is 0 Å². The highest BCUT2D eigenvalue weighted by Gasteiger charge is 1.75. The number of aromatic nitrogens is 1. The van der Waals surface area contributed by atoms with Gasteiger partial charge in [0.1, 0.15) is 0 Å². The molecule has 0 spiro atoms. The lowest BCUT2D eigenvalue weighted by Crippen LogP contribution is -1.64. The van der Waals surface area contributed by atoms with Gasteiger partial charge in [0.15, 0.2) is 0 Å². The van der Waals surface area contributed by atoms with Crippen LogP contribution in [-0.2, 0) is 0 Å². The Bertz CT molecular complexity index is 171. The predicted molar refractivity (Wildman–Crippen MR) is 38.6 cm³/mol. The van der Waals surface area contributed by atoms with Crippen molar-refractivity contribution >= 4 is 15.9 Å². The van der Waals surface area contributed by atoms with E-state index in [9.17, 15) is 0 Å². The van der Waals surface area contributed by atoms with E-state index in [4.69, 9.17) is 5.26 Å². The average Bonchev–Trinajstić information content (AvgIpc) is 1.94. The molecule has 0 radical (unpaired) electrons. The first kappa shape index (κ1) is 8.12. The second-order valence-corrected chi connectivity index (χ2v) is 2.09. The van der Waals surface area contributed by atoms with E-state index in [0.29, 0.717) is 0 Å². The first-order valence-corrected chi connectivity index (χ1v) is 3.00. The molecule has 0 bridgehead atoms. The fourth-order valence-corrected chi connectivity index (χ4v) is 0.613. The topological polar surface area (TPSA) is 36.7 Å². The molecule has 3 heteroatoms. The highest BCUT2D eigenvalue weighted by molar-refractivity contribution is 9.10. The minimum absolute atomic E-state index is 1.02. The molecule has 0 fully saturated rings. The molecule has 0 N–H and O–H groups in total. The van der Waals surface area contributed by atoms with Crippen molar-refractivity contribution in [3.63, 3.8) is 0 Å². The van der Waals surface area contributed by atoms with E-state index in [0.717, 1.165) is 4.47 Å². The molecule has 1 aromatic rings. The fraction of sp³-hybridized carbons (Fsp3) is 0. The zero-order valence-corrected chi connectivity index (χ0v) is 6.25. The maximum atomic E-state index is 6.50. The lowest BCUT2D eigenvalue weighted by Gasteiger charge is -1.80. The van der Waals surface area contributed by atoms with Crippen LogP contribution in [0.4, 0.5) is 0 Å². The maximum Gasteiger partial charge on any atom is 0.0462 e. The summed E-state index contributed by atoms with van der Waals surface area (Å²) in [6.07, 6.45) is 3.49. The van der Waals surface area contributed by atoms with Crippen LogP contribution in [0.3, 0.4) is 0 Å². The third kappa shape index (κ3) is 3.68. The summed E-state index contributed by atoms with van der Waals surface area (Å²) >= 11 is 3.25. The van der Waals surface area contributed by atoms with Gasteiger partial charge in [-0.3, -0.25) is 4.98 Å². The van der Waals surface area contributed by atoms with Gasteiger partial charge in [-0.2, -0.15) is 0 Å². The summed E-state index contributed by atoms with van der Waals surface area (Å²) in [5, 5.41) is 6.50. The third-order valence-corrected chi connectivity index (χ3v) is 1.09. The van der Waals surface area contributed by atoms with Crippen molar-refractivity contribution in [2.24, 2.45) is 0 Å². The van der Waals surface area contributed by atoms with Gasteiger partial charge in [-0.25, -0.2) is 5.26 Å². The first-order chi connectivity index (χ1) is 4.39. The van der Waals surface area contributed by atoms with Crippen molar-refractivity contribution in [2.75, 3.05) is 0 Å². The van der Waals surface area contributed by atoms with Gasteiger partial charge in [-0.1, -0.05) is 0 Å². The minimum atomic E-state index is 1.02. The molecule has 46 valence electrons. The van der Waals surface area contributed by atoms with E-state index < -0.39 is 0 Å². The average molecular weight is 185 g/mol. The van der Waals surface area contributed by atoms with E-state index in [1.54, 1.807) is 12.4 Å². The van der Waals surface area contributed by atoms with Crippen molar-refractivity contribution in [1.29, 1.82) is 5.26 Å². The molecule has 1 aromatic heterocycles. The van der Waals surface area contributed by atoms with Crippen molar-refractivity contribution in [2.45, 2.75) is 0 Å². The Morgan fingerprint density at radius 1 is 1.56 bits per heavy atom. The zero-order chi connectivity index (χ0) is 7.11. The Morgan fingerprint density at radius 2 is 2.22 bits per heavy atom. The lowest BCUT2D eigenvalue weighted by atomic mass is 10.5. The molecule has 1 rings (SSSR count). The Labute approximate surface area is 62.3 Å². The molecule has 0 aliphatic heterocycles. The molecule has 0 aliphatic carbocycles. The predicted octanol–water partition coefficient (Wildman–Crippen LogP) is 1.98. The van der Waals surface area contributed by atoms with Crippen LogP contribution in [0.2, 0.25) is 0 Å². The molecular weight excluding hydrogens is 180 g/mol. The van der Waals surface area contributed by atoms with Crippen LogP contribution in [-0.4, -0.2) is 4.98 Å². The van der Waals surface area contributed by atoms with Crippen LogP contribution in [0, 0.1) is 11.8 Å². The summed E-state index contributed by atoms with van der Waals surface area (Å²) in [5.41, 5.74) is 0. The number of hydrogen-bond acceptors (Lipinski definition) is 2. The minimum Gasteiger partial charge on any atom is -0.264 e. The van der Waals surface area contributed by atoms with E-state index in [-0.39, 0.29) is 0 Å². The number of nitriles is 1. The summed E-state index contributed by atoms with van der Waals surface area (Å²) in [6, 6.07) is 3.82. The molecule has 2 nitrogen and oxygen atoms in total. The van der Waals surface area contributed by atoms with Crippen LogP contribution in [0.15, 0.2) is 29.0 Å². The van der Waals surface area contributed by atoms with Crippen LogP contribution < -0.4 is 0 Å². The maximum absolute atomic E-state index is 6.50. The standard InChI is InChI=1S/C5H4BrN.CHN/c6-5-2-1-3-7-4-5;1-2/h1-4H;1H. The zero-order valence-electron chi connectivity index (χ0n) is 4.66. The number of pyridine rings is 1. The van der Waals surface area contributed by atoms with Crippen molar-refractivity contribution in [1.82, 2.24) is 4.98 Å². The summed E-state index contributed by atoms with van der Waals surface area (Å²) in [7, 11) is 0. The van der Waals surface area contributed by atoms with Gasteiger partial charge in [0.05, 0.1) is 0 Å². The van der Waals surface area contributed by atoms with Crippen molar-refractivity contribution in [3.8, 4) is 6.57 Å². The molecule has 0 amide bonds. The molecule has 0 saturated carbocycles. The van der Waals surface area contributed by atoms with Gasteiger partial charge in [-0.15, -0.1) is 0 Å². The van der Waals surface area contributed by atoms with Gasteiger partial charge in [0.25, 0.3) is 0 Å². The van der Waals surface area contributed by atoms with E-state index in [1.165, 1.54) is 0 Å². The van der Waals surface area contributed by atoms with Crippen LogP contribution in [0.1, 0.15) is 0 Å². The normalized spacial score (nSPS) is 7.00. The van der Waals surface area contributed by atoms with E-state index in [1.807, 2.05) is 12.1 Å². The summed E-state index contributed by atoms with van der Waals surface area (Å²) in [4.78, 5) is 3.84. The summed E-state index contributed by atoms with van der Waals surface area (Å²) in [6.45, 7) is 3.50. The largest absolute Gasteiger partial charge is 0.264 e. The number of hydrogen-bond donors (Lipinski definition) is 0. The second-order valence-electron chi connectivity index (χ2n) is 1.17. The SMILES string of the molecule is Brc1cccnc1.C#N. The number of rotatable bonds is 0. The lowest BCUT2D eigenvalue weighted by molar-refractivity contribution is 1.31. The first-order valence-electron chi connectivity index (χ1n) is 2.21. The Balaban J connectivity index is 0.000000291. The van der Waals surface area contributed by atoms with Gasteiger partial charge >= 0.3 is 0 Å². The third-order valence-electron chi connectivity index (χ3n) is 0.625. The van der Waals surface area contributed by atoms with Gasteiger partial charge in [0.2, 0.25) is 0 Å². The van der Waals surface area contributed by atoms with Crippen LogP contribution in [0.5, 0.6) is 0 Å². The van der Waals surface area contributed by atoms with Gasteiger partial charge in [-0.05, 0) is 28.1 Å². The number of halogens is 1.